The predicted molar refractivity (Wildman–Crippen MR) is 68.0 cm³/mol. The minimum absolute atomic E-state index is 0.108. The van der Waals surface area contributed by atoms with Crippen molar-refractivity contribution in [2.24, 2.45) is 5.84 Å². The Bertz CT molecular complexity index is 431. The zero-order valence-corrected chi connectivity index (χ0v) is 10.3. The second kappa shape index (κ2) is 5.63. The van der Waals surface area contributed by atoms with Gasteiger partial charge in [0.25, 0.3) is 0 Å². The molecule has 1 aliphatic rings. The summed E-state index contributed by atoms with van der Waals surface area (Å²) >= 11 is 6.06. The van der Waals surface area contributed by atoms with E-state index in [1.165, 1.54) is 30.5 Å². The van der Waals surface area contributed by atoms with Gasteiger partial charge in [0.2, 0.25) is 0 Å². The monoisotopic (exact) mass is 254 g/mol. The minimum Gasteiger partial charge on any atom is -0.271 e. The molecular formula is C13H16ClFN2. The Morgan fingerprint density at radius 3 is 2.76 bits per heavy atom. The number of nitrogens with two attached hydrogens (primary N) is 1. The Balaban J connectivity index is 2.31. The Hall–Kier alpha value is -0.900. The molecule has 0 spiro atoms. The first-order chi connectivity index (χ1) is 8.22. The first-order valence-electron chi connectivity index (χ1n) is 5.82. The number of halogens is 2. The highest BCUT2D eigenvalue weighted by atomic mass is 35.5. The van der Waals surface area contributed by atoms with Gasteiger partial charge in [-0.3, -0.25) is 5.84 Å². The fourth-order valence-corrected chi connectivity index (χ4v) is 2.53. The Morgan fingerprint density at radius 2 is 2.18 bits per heavy atom. The van der Waals surface area contributed by atoms with Crippen molar-refractivity contribution in [3.8, 4) is 0 Å². The SMILES string of the molecule is NNC(C1=CCCCC1)c1ccc(F)cc1Cl. The number of hydrazine groups is 1. The van der Waals surface area contributed by atoms with E-state index < -0.39 is 0 Å². The van der Waals surface area contributed by atoms with Crippen molar-refractivity contribution in [2.45, 2.75) is 31.7 Å². The second-order valence-corrected chi connectivity index (χ2v) is 4.70. The number of benzene rings is 1. The van der Waals surface area contributed by atoms with Gasteiger partial charge < -0.3 is 0 Å². The maximum atomic E-state index is 13.0. The van der Waals surface area contributed by atoms with Gasteiger partial charge in [-0.15, -0.1) is 0 Å². The van der Waals surface area contributed by atoms with E-state index in [9.17, 15) is 4.39 Å². The van der Waals surface area contributed by atoms with Crippen LogP contribution in [0.3, 0.4) is 0 Å². The van der Waals surface area contributed by atoms with Crippen LogP contribution < -0.4 is 11.3 Å². The summed E-state index contributed by atoms with van der Waals surface area (Å²) in [6, 6.07) is 4.32. The van der Waals surface area contributed by atoms with Gasteiger partial charge in [0, 0.05) is 5.02 Å². The summed E-state index contributed by atoms with van der Waals surface area (Å²) < 4.78 is 13.0. The van der Waals surface area contributed by atoms with Gasteiger partial charge in [0.1, 0.15) is 5.82 Å². The highest BCUT2D eigenvalue weighted by Crippen LogP contribution is 2.33. The molecule has 1 aromatic rings. The molecule has 92 valence electrons. The van der Waals surface area contributed by atoms with Crippen molar-refractivity contribution in [1.82, 2.24) is 5.43 Å². The topological polar surface area (TPSA) is 38.0 Å². The van der Waals surface area contributed by atoms with Gasteiger partial charge in [-0.25, -0.2) is 9.82 Å². The molecule has 1 unspecified atom stereocenters. The summed E-state index contributed by atoms with van der Waals surface area (Å²) in [6.45, 7) is 0. The lowest BCUT2D eigenvalue weighted by atomic mass is 9.90. The van der Waals surface area contributed by atoms with Crippen LogP contribution in [0.5, 0.6) is 0 Å². The van der Waals surface area contributed by atoms with Gasteiger partial charge in [-0.2, -0.15) is 0 Å². The molecule has 1 aliphatic carbocycles. The average Bonchev–Trinajstić information content (AvgIpc) is 2.34. The largest absolute Gasteiger partial charge is 0.271 e. The second-order valence-electron chi connectivity index (χ2n) is 4.29. The van der Waals surface area contributed by atoms with E-state index in [0.29, 0.717) is 5.02 Å². The number of nitrogens with one attached hydrogen (secondary N) is 1. The molecule has 3 N–H and O–H groups in total. The molecule has 0 saturated heterocycles. The lowest BCUT2D eigenvalue weighted by molar-refractivity contribution is 0.563. The van der Waals surface area contributed by atoms with Crippen LogP contribution in [0, 0.1) is 5.82 Å². The molecule has 2 nitrogen and oxygen atoms in total. The normalized spacial score (nSPS) is 17.7. The van der Waals surface area contributed by atoms with Gasteiger partial charge in [0.15, 0.2) is 0 Å². The molecule has 0 aromatic heterocycles. The maximum absolute atomic E-state index is 13.0. The van der Waals surface area contributed by atoms with Crippen molar-refractivity contribution in [3.63, 3.8) is 0 Å². The van der Waals surface area contributed by atoms with Crippen molar-refractivity contribution in [3.05, 3.63) is 46.3 Å². The molecule has 1 aromatic carbocycles. The lowest BCUT2D eigenvalue weighted by Crippen LogP contribution is -2.30. The summed E-state index contributed by atoms with van der Waals surface area (Å²) in [4.78, 5) is 0. The maximum Gasteiger partial charge on any atom is 0.124 e. The predicted octanol–water partition coefficient (Wildman–Crippen LogP) is 3.48. The third-order valence-corrected chi connectivity index (χ3v) is 3.46. The summed E-state index contributed by atoms with van der Waals surface area (Å²) in [5, 5.41) is 0.416. The Labute approximate surface area is 106 Å². The highest BCUT2D eigenvalue weighted by Gasteiger charge is 2.19. The molecule has 0 bridgehead atoms. The van der Waals surface area contributed by atoms with Crippen molar-refractivity contribution >= 4 is 11.6 Å². The van der Waals surface area contributed by atoms with E-state index >= 15 is 0 Å². The van der Waals surface area contributed by atoms with E-state index in [1.54, 1.807) is 6.07 Å². The van der Waals surface area contributed by atoms with Gasteiger partial charge in [-0.05, 0) is 43.4 Å². The fourth-order valence-electron chi connectivity index (χ4n) is 2.26. The lowest BCUT2D eigenvalue weighted by Gasteiger charge is -2.23. The third-order valence-electron chi connectivity index (χ3n) is 3.14. The van der Waals surface area contributed by atoms with Crippen LogP contribution in [0.15, 0.2) is 29.8 Å². The van der Waals surface area contributed by atoms with Crippen LogP contribution in [-0.2, 0) is 0 Å². The van der Waals surface area contributed by atoms with Crippen LogP contribution in [0.1, 0.15) is 37.3 Å². The van der Waals surface area contributed by atoms with E-state index in [1.807, 2.05) is 0 Å². The molecule has 0 heterocycles. The average molecular weight is 255 g/mol. The molecule has 0 saturated carbocycles. The highest BCUT2D eigenvalue weighted by molar-refractivity contribution is 6.31. The van der Waals surface area contributed by atoms with Crippen molar-refractivity contribution in [2.75, 3.05) is 0 Å². The molecule has 0 amide bonds. The fraction of sp³-hybridized carbons (Fsp3) is 0.385. The molecule has 0 aliphatic heterocycles. The Kier molecular flexibility index (Phi) is 4.15. The van der Waals surface area contributed by atoms with Crippen LogP contribution in [0.2, 0.25) is 5.02 Å². The van der Waals surface area contributed by atoms with Gasteiger partial charge in [-0.1, -0.05) is 29.3 Å². The smallest absolute Gasteiger partial charge is 0.124 e. The zero-order valence-electron chi connectivity index (χ0n) is 9.55. The van der Waals surface area contributed by atoms with Crippen LogP contribution in [0.25, 0.3) is 0 Å². The first kappa shape index (κ1) is 12.6. The quantitative estimate of drug-likeness (QED) is 0.492. The zero-order chi connectivity index (χ0) is 12.3. The van der Waals surface area contributed by atoms with Crippen LogP contribution in [0.4, 0.5) is 4.39 Å². The molecule has 0 radical (unpaired) electrons. The summed E-state index contributed by atoms with van der Waals surface area (Å²) in [5.41, 5.74) is 4.85. The number of allylic oxidation sites excluding steroid dienone is 1. The van der Waals surface area contributed by atoms with Gasteiger partial charge in [0.05, 0.1) is 6.04 Å². The molecule has 0 fully saturated rings. The van der Waals surface area contributed by atoms with Crippen LogP contribution in [-0.4, -0.2) is 0 Å². The number of hydrogen-bond donors (Lipinski definition) is 2. The third kappa shape index (κ3) is 2.86. The summed E-state index contributed by atoms with van der Waals surface area (Å²) in [6.07, 6.45) is 6.68. The van der Waals surface area contributed by atoms with E-state index in [4.69, 9.17) is 17.4 Å². The molecule has 17 heavy (non-hydrogen) atoms. The van der Waals surface area contributed by atoms with Crippen molar-refractivity contribution in [1.29, 1.82) is 0 Å². The van der Waals surface area contributed by atoms with E-state index in [-0.39, 0.29) is 11.9 Å². The molecule has 4 heteroatoms. The van der Waals surface area contributed by atoms with E-state index in [0.717, 1.165) is 18.4 Å². The van der Waals surface area contributed by atoms with Gasteiger partial charge >= 0.3 is 0 Å². The Morgan fingerprint density at radius 1 is 1.35 bits per heavy atom. The number of rotatable bonds is 3. The van der Waals surface area contributed by atoms with Crippen LogP contribution >= 0.6 is 11.6 Å². The standard InChI is InChI=1S/C13H16ClFN2/c14-12-8-10(15)6-7-11(12)13(17-16)9-4-2-1-3-5-9/h4,6-8,13,17H,1-3,5,16H2. The van der Waals surface area contributed by atoms with E-state index in [2.05, 4.69) is 11.5 Å². The first-order valence-corrected chi connectivity index (χ1v) is 6.20. The molecule has 2 rings (SSSR count). The molecular weight excluding hydrogens is 239 g/mol. The van der Waals surface area contributed by atoms with Crippen molar-refractivity contribution < 1.29 is 4.39 Å². The number of hydrogen-bond acceptors (Lipinski definition) is 2. The minimum atomic E-state index is -0.327. The summed E-state index contributed by atoms with van der Waals surface area (Å²) in [5.74, 6) is 5.27. The molecule has 1 atom stereocenters. The summed E-state index contributed by atoms with van der Waals surface area (Å²) in [7, 11) is 0.